The molecule has 2 fully saturated rings. The zero-order valence-electron chi connectivity index (χ0n) is 7.80. The SMILES string of the molecule is CO[C@H]1CN[C@@H](C2(OC)CC2)C1. The van der Waals surface area contributed by atoms with E-state index in [1.165, 1.54) is 12.8 Å². The van der Waals surface area contributed by atoms with E-state index in [4.69, 9.17) is 9.47 Å². The first-order chi connectivity index (χ1) is 5.80. The lowest BCUT2D eigenvalue weighted by Crippen LogP contribution is -2.37. The van der Waals surface area contributed by atoms with Gasteiger partial charge in [0.25, 0.3) is 0 Å². The lowest BCUT2D eigenvalue weighted by molar-refractivity contribution is 0.0439. The van der Waals surface area contributed by atoms with Crippen LogP contribution in [0.2, 0.25) is 0 Å². The fraction of sp³-hybridized carbons (Fsp3) is 1.00. The first-order valence-electron chi connectivity index (χ1n) is 4.62. The molecule has 0 aromatic heterocycles. The molecule has 3 nitrogen and oxygen atoms in total. The molecule has 3 heteroatoms. The third kappa shape index (κ3) is 1.26. The van der Waals surface area contributed by atoms with Crippen molar-refractivity contribution in [3.8, 4) is 0 Å². The van der Waals surface area contributed by atoms with Crippen molar-refractivity contribution < 1.29 is 9.47 Å². The van der Waals surface area contributed by atoms with Crippen LogP contribution in [0.3, 0.4) is 0 Å². The van der Waals surface area contributed by atoms with Crippen molar-refractivity contribution in [2.24, 2.45) is 0 Å². The van der Waals surface area contributed by atoms with Gasteiger partial charge in [-0.25, -0.2) is 0 Å². The van der Waals surface area contributed by atoms with E-state index >= 15 is 0 Å². The van der Waals surface area contributed by atoms with Gasteiger partial charge in [0.2, 0.25) is 0 Å². The summed E-state index contributed by atoms with van der Waals surface area (Å²) in [5.74, 6) is 0. The van der Waals surface area contributed by atoms with Gasteiger partial charge in [0.1, 0.15) is 0 Å². The molecule has 0 aromatic rings. The highest BCUT2D eigenvalue weighted by Gasteiger charge is 2.52. The van der Waals surface area contributed by atoms with Crippen LogP contribution in [0, 0.1) is 0 Å². The van der Waals surface area contributed by atoms with Gasteiger partial charge < -0.3 is 14.8 Å². The monoisotopic (exact) mass is 171 g/mol. The molecule has 1 heterocycles. The molecule has 0 unspecified atom stereocenters. The van der Waals surface area contributed by atoms with Gasteiger partial charge in [-0.05, 0) is 19.3 Å². The molecular weight excluding hydrogens is 154 g/mol. The summed E-state index contributed by atoms with van der Waals surface area (Å²) in [7, 11) is 3.59. The fourth-order valence-corrected chi connectivity index (χ4v) is 2.10. The number of hydrogen-bond acceptors (Lipinski definition) is 3. The molecule has 0 amide bonds. The van der Waals surface area contributed by atoms with E-state index in [1.807, 2.05) is 7.11 Å². The number of rotatable bonds is 3. The van der Waals surface area contributed by atoms with Crippen LogP contribution < -0.4 is 5.32 Å². The first kappa shape index (κ1) is 8.48. The second kappa shape index (κ2) is 2.98. The summed E-state index contributed by atoms with van der Waals surface area (Å²) in [6.45, 7) is 0.978. The Balaban J connectivity index is 1.90. The molecule has 1 aliphatic heterocycles. The van der Waals surface area contributed by atoms with E-state index in [9.17, 15) is 0 Å². The van der Waals surface area contributed by atoms with Crippen molar-refractivity contribution in [1.29, 1.82) is 0 Å². The van der Waals surface area contributed by atoms with Gasteiger partial charge in [0.05, 0.1) is 11.7 Å². The van der Waals surface area contributed by atoms with Crippen LogP contribution in [-0.4, -0.2) is 38.5 Å². The first-order valence-corrected chi connectivity index (χ1v) is 4.62. The minimum absolute atomic E-state index is 0.160. The van der Waals surface area contributed by atoms with E-state index in [-0.39, 0.29) is 5.60 Å². The van der Waals surface area contributed by atoms with Gasteiger partial charge in [-0.1, -0.05) is 0 Å². The summed E-state index contributed by atoms with van der Waals surface area (Å²) in [6, 6.07) is 0.521. The Bertz CT molecular complexity index is 168. The van der Waals surface area contributed by atoms with Crippen LogP contribution in [0.4, 0.5) is 0 Å². The van der Waals surface area contributed by atoms with Crippen molar-refractivity contribution in [1.82, 2.24) is 5.32 Å². The van der Waals surface area contributed by atoms with Crippen molar-refractivity contribution in [2.75, 3.05) is 20.8 Å². The molecule has 2 aliphatic rings. The minimum atomic E-state index is 0.160. The molecule has 1 N–H and O–H groups in total. The highest BCUT2D eigenvalue weighted by atomic mass is 16.5. The number of hydrogen-bond donors (Lipinski definition) is 1. The molecule has 70 valence electrons. The molecule has 2 rings (SSSR count). The molecule has 0 aromatic carbocycles. The van der Waals surface area contributed by atoms with Crippen LogP contribution in [0.1, 0.15) is 19.3 Å². The van der Waals surface area contributed by atoms with Crippen molar-refractivity contribution in [3.63, 3.8) is 0 Å². The third-order valence-corrected chi connectivity index (χ3v) is 3.21. The highest BCUT2D eigenvalue weighted by Crippen LogP contribution is 2.44. The molecule has 0 spiro atoms. The van der Waals surface area contributed by atoms with Crippen LogP contribution >= 0.6 is 0 Å². The summed E-state index contributed by atoms with van der Waals surface area (Å²) in [5.41, 5.74) is 0.160. The quantitative estimate of drug-likeness (QED) is 0.672. The summed E-state index contributed by atoms with van der Waals surface area (Å²) in [4.78, 5) is 0. The van der Waals surface area contributed by atoms with E-state index < -0.39 is 0 Å². The predicted octanol–water partition coefficient (Wildman–Crippen LogP) is 0.542. The minimum Gasteiger partial charge on any atom is -0.380 e. The molecule has 1 aliphatic carbocycles. The zero-order valence-corrected chi connectivity index (χ0v) is 7.80. The fourth-order valence-electron chi connectivity index (χ4n) is 2.10. The molecule has 0 radical (unpaired) electrons. The zero-order chi connectivity index (χ0) is 8.60. The Morgan fingerprint density at radius 2 is 2.08 bits per heavy atom. The summed E-state index contributed by atoms with van der Waals surface area (Å²) in [6.07, 6.45) is 3.90. The normalized spacial score (nSPS) is 38.5. The Morgan fingerprint density at radius 3 is 2.50 bits per heavy atom. The Labute approximate surface area is 73.4 Å². The molecule has 2 atom stereocenters. The summed E-state index contributed by atoms with van der Waals surface area (Å²) >= 11 is 0. The number of nitrogens with one attached hydrogen (secondary N) is 1. The predicted molar refractivity (Wildman–Crippen MR) is 46.2 cm³/mol. The smallest absolute Gasteiger partial charge is 0.0834 e. The van der Waals surface area contributed by atoms with Crippen molar-refractivity contribution in [2.45, 2.75) is 37.0 Å². The van der Waals surface area contributed by atoms with Crippen molar-refractivity contribution >= 4 is 0 Å². The molecule has 12 heavy (non-hydrogen) atoms. The van der Waals surface area contributed by atoms with Gasteiger partial charge in [-0.15, -0.1) is 0 Å². The Kier molecular flexibility index (Phi) is 2.10. The average molecular weight is 171 g/mol. The van der Waals surface area contributed by atoms with Gasteiger partial charge in [-0.3, -0.25) is 0 Å². The van der Waals surface area contributed by atoms with Crippen molar-refractivity contribution in [3.05, 3.63) is 0 Å². The molecule has 0 bridgehead atoms. The lowest BCUT2D eigenvalue weighted by Gasteiger charge is -2.21. The lowest BCUT2D eigenvalue weighted by atomic mass is 10.1. The van der Waals surface area contributed by atoms with Crippen LogP contribution in [0.5, 0.6) is 0 Å². The van der Waals surface area contributed by atoms with Crippen LogP contribution in [0.15, 0.2) is 0 Å². The molecule has 1 saturated heterocycles. The van der Waals surface area contributed by atoms with E-state index in [1.54, 1.807) is 7.11 Å². The molecule has 1 saturated carbocycles. The van der Waals surface area contributed by atoms with E-state index in [0.717, 1.165) is 13.0 Å². The maximum atomic E-state index is 5.51. The topological polar surface area (TPSA) is 30.5 Å². The maximum absolute atomic E-state index is 5.51. The Hall–Kier alpha value is -0.120. The van der Waals surface area contributed by atoms with Gasteiger partial charge in [0.15, 0.2) is 0 Å². The maximum Gasteiger partial charge on any atom is 0.0834 e. The number of ether oxygens (including phenoxy) is 2. The van der Waals surface area contributed by atoms with Crippen LogP contribution in [0.25, 0.3) is 0 Å². The summed E-state index contributed by atoms with van der Waals surface area (Å²) < 4.78 is 10.8. The Morgan fingerprint density at radius 1 is 1.33 bits per heavy atom. The van der Waals surface area contributed by atoms with Gasteiger partial charge in [-0.2, -0.15) is 0 Å². The van der Waals surface area contributed by atoms with Crippen LogP contribution in [-0.2, 0) is 9.47 Å². The van der Waals surface area contributed by atoms with Gasteiger partial charge >= 0.3 is 0 Å². The molecular formula is C9H17NO2. The highest BCUT2D eigenvalue weighted by molar-refractivity contribution is 5.08. The second-order valence-electron chi connectivity index (χ2n) is 3.82. The van der Waals surface area contributed by atoms with E-state index in [0.29, 0.717) is 12.1 Å². The number of methoxy groups -OCH3 is 2. The van der Waals surface area contributed by atoms with E-state index in [2.05, 4.69) is 5.32 Å². The third-order valence-electron chi connectivity index (χ3n) is 3.21. The summed E-state index contributed by atoms with van der Waals surface area (Å²) in [5, 5.41) is 3.46. The van der Waals surface area contributed by atoms with Gasteiger partial charge in [0, 0.05) is 26.8 Å². The second-order valence-corrected chi connectivity index (χ2v) is 3.82. The largest absolute Gasteiger partial charge is 0.380 e. The average Bonchev–Trinajstić information content (AvgIpc) is 2.77. The standard InChI is InChI=1S/C9H17NO2/c1-11-7-5-8(10-6-7)9(12-2)3-4-9/h7-8,10H,3-6H2,1-2H3/t7-,8-/m1/s1.